The minimum absolute atomic E-state index is 0.00753. The van der Waals surface area contributed by atoms with Gasteiger partial charge in [0.1, 0.15) is 18.3 Å². The van der Waals surface area contributed by atoms with Crippen molar-refractivity contribution < 1.29 is 32.2 Å². The van der Waals surface area contributed by atoms with Crippen LogP contribution in [0.15, 0.2) is 106 Å². The molecule has 1 unspecified atom stereocenters. The first-order valence-corrected chi connectivity index (χ1v) is 19.7. The van der Waals surface area contributed by atoms with Gasteiger partial charge in [-0.3, -0.25) is 13.9 Å². The van der Waals surface area contributed by atoms with Gasteiger partial charge in [-0.1, -0.05) is 77.7 Å². The molecule has 0 aliphatic heterocycles. The molecule has 10 nitrogen and oxygen atoms in total. The Morgan fingerprint density at radius 1 is 0.846 bits per heavy atom. The van der Waals surface area contributed by atoms with E-state index in [1.807, 2.05) is 61.5 Å². The number of sulfonamides is 1. The van der Waals surface area contributed by atoms with E-state index in [2.05, 4.69) is 21.2 Å². The molecule has 52 heavy (non-hydrogen) atoms. The highest BCUT2D eigenvalue weighted by atomic mass is 79.9. The lowest BCUT2D eigenvalue weighted by Crippen LogP contribution is -2.55. The zero-order valence-electron chi connectivity index (χ0n) is 29.8. The number of amides is 2. The summed E-state index contributed by atoms with van der Waals surface area (Å²) in [5.41, 5.74) is 1.90. The molecule has 1 atom stereocenters. The Morgan fingerprint density at radius 3 is 2.19 bits per heavy atom. The van der Waals surface area contributed by atoms with Gasteiger partial charge in [0, 0.05) is 29.5 Å². The van der Waals surface area contributed by atoms with Crippen LogP contribution < -0.4 is 23.8 Å². The number of nitrogens with zero attached hydrogens (tertiary/aromatic N) is 2. The fourth-order valence-electron chi connectivity index (χ4n) is 6.44. The Morgan fingerprint density at radius 2 is 1.54 bits per heavy atom. The maximum atomic E-state index is 14.9. The molecule has 12 heteroatoms. The normalized spacial score (nSPS) is 13.8. The lowest BCUT2D eigenvalue weighted by Gasteiger charge is -2.35. The summed E-state index contributed by atoms with van der Waals surface area (Å²) < 4.78 is 47.4. The van der Waals surface area contributed by atoms with Crippen LogP contribution in [0.2, 0.25) is 0 Å². The molecule has 1 N–H and O–H groups in total. The lowest BCUT2D eigenvalue weighted by atomic mass is 9.94. The number of hydrogen-bond acceptors (Lipinski definition) is 7. The molecule has 0 bridgehead atoms. The van der Waals surface area contributed by atoms with Gasteiger partial charge >= 0.3 is 0 Å². The zero-order chi connectivity index (χ0) is 37.1. The molecular formula is C40H46BrN3O7S. The molecule has 1 fully saturated rings. The minimum Gasteiger partial charge on any atom is -0.494 e. The van der Waals surface area contributed by atoms with Crippen LogP contribution in [0.1, 0.15) is 50.2 Å². The summed E-state index contributed by atoms with van der Waals surface area (Å²) in [5.74, 6) is 0.324. The minimum atomic E-state index is -4.37. The Labute approximate surface area is 315 Å². The van der Waals surface area contributed by atoms with E-state index in [1.165, 1.54) is 37.3 Å². The molecular weight excluding hydrogens is 746 g/mol. The molecule has 1 aliphatic carbocycles. The molecule has 1 saturated carbocycles. The highest BCUT2D eigenvalue weighted by Gasteiger charge is 2.36. The van der Waals surface area contributed by atoms with E-state index in [0.717, 1.165) is 52.0 Å². The first-order valence-electron chi connectivity index (χ1n) is 17.5. The van der Waals surface area contributed by atoms with Crippen molar-refractivity contribution in [3.63, 3.8) is 0 Å². The number of rotatable bonds is 16. The third kappa shape index (κ3) is 9.86. The predicted octanol–water partition coefficient (Wildman–Crippen LogP) is 7.15. The molecule has 0 heterocycles. The zero-order valence-corrected chi connectivity index (χ0v) is 32.2. The monoisotopic (exact) mass is 791 g/mol. The van der Waals surface area contributed by atoms with Crippen molar-refractivity contribution in [3.8, 4) is 17.2 Å². The predicted molar refractivity (Wildman–Crippen MR) is 205 cm³/mol. The maximum Gasteiger partial charge on any atom is 0.264 e. The molecule has 0 radical (unpaired) electrons. The van der Waals surface area contributed by atoms with Crippen LogP contribution in [-0.4, -0.2) is 64.6 Å². The highest BCUT2D eigenvalue weighted by molar-refractivity contribution is 9.10. The molecule has 4 aromatic carbocycles. The van der Waals surface area contributed by atoms with E-state index in [-0.39, 0.29) is 41.2 Å². The first-order chi connectivity index (χ1) is 25.1. The number of methoxy groups -OCH3 is 2. The fourth-order valence-corrected chi connectivity index (χ4v) is 8.32. The van der Waals surface area contributed by atoms with E-state index >= 15 is 0 Å². The molecule has 1 aliphatic rings. The van der Waals surface area contributed by atoms with Crippen molar-refractivity contribution in [1.29, 1.82) is 0 Å². The van der Waals surface area contributed by atoms with Crippen LogP contribution >= 0.6 is 15.9 Å². The largest absolute Gasteiger partial charge is 0.494 e. The van der Waals surface area contributed by atoms with Crippen molar-refractivity contribution in [1.82, 2.24) is 10.2 Å². The second-order valence-electron chi connectivity index (χ2n) is 12.7. The Kier molecular flexibility index (Phi) is 13.6. The third-order valence-electron chi connectivity index (χ3n) is 9.12. The lowest BCUT2D eigenvalue weighted by molar-refractivity contribution is -0.140. The average molecular weight is 793 g/mol. The van der Waals surface area contributed by atoms with E-state index in [9.17, 15) is 18.0 Å². The number of carbonyl (C=O) groups excluding carboxylic acids is 2. The smallest absolute Gasteiger partial charge is 0.264 e. The summed E-state index contributed by atoms with van der Waals surface area (Å²) in [7, 11) is -1.48. The standard InChI is InChI=1S/C40H46BrN3O7S/c1-4-51-34-20-18-33(19-21-34)44(52(47,48)35-22-23-37(49-2)38(26-35)50-3)28-39(45)43(27-30-14-11-15-31(41)24-30)36(25-29-12-7-5-8-13-29)40(46)42-32-16-9-6-10-17-32/h5,7-8,11-15,18-24,26,32,36H,4,6,9-10,16-17,25,27-28H2,1-3H3,(H,42,46). The molecule has 0 aromatic heterocycles. The van der Waals surface area contributed by atoms with Crippen molar-refractivity contribution in [2.24, 2.45) is 0 Å². The molecule has 2 amide bonds. The van der Waals surface area contributed by atoms with Crippen LogP contribution in [0.5, 0.6) is 17.2 Å². The van der Waals surface area contributed by atoms with Crippen molar-refractivity contribution >= 4 is 43.5 Å². The molecule has 0 saturated heterocycles. The summed E-state index contributed by atoms with van der Waals surface area (Å²) in [6, 6.07) is 27.0. The van der Waals surface area contributed by atoms with Crippen LogP contribution in [0, 0.1) is 0 Å². The molecule has 276 valence electrons. The van der Waals surface area contributed by atoms with E-state index < -0.39 is 28.5 Å². The Hall–Kier alpha value is -4.55. The molecule has 0 spiro atoms. The van der Waals surface area contributed by atoms with Crippen LogP contribution in [-0.2, 0) is 32.6 Å². The first kappa shape index (κ1) is 38.7. The SMILES string of the molecule is CCOc1ccc(N(CC(=O)N(Cc2cccc(Br)c2)C(Cc2ccccc2)C(=O)NC2CCCCC2)S(=O)(=O)c2ccc(OC)c(OC)c2)cc1. The number of nitrogens with one attached hydrogen (secondary N) is 1. The van der Waals surface area contributed by atoms with Crippen LogP contribution in [0.3, 0.4) is 0 Å². The van der Waals surface area contributed by atoms with Gasteiger partial charge < -0.3 is 24.4 Å². The van der Waals surface area contributed by atoms with E-state index in [0.29, 0.717) is 18.1 Å². The van der Waals surface area contributed by atoms with Gasteiger partial charge in [0.05, 0.1) is 31.4 Å². The summed E-state index contributed by atoms with van der Waals surface area (Å²) in [6.45, 7) is 1.78. The van der Waals surface area contributed by atoms with E-state index in [1.54, 1.807) is 24.3 Å². The fraction of sp³-hybridized carbons (Fsp3) is 0.350. The highest BCUT2D eigenvalue weighted by Crippen LogP contribution is 2.33. The average Bonchev–Trinajstić information content (AvgIpc) is 3.16. The van der Waals surface area contributed by atoms with Gasteiger partial charge in [-0.05, 0) is 79.4 Å². The van der Waals surface area contributed by atoms with Crippen LogP contribution in [0.25, 0.3) is 0 Å². The van der Waals surface area contributed by atoms with Gasteiger partial charge in [-0.2, -0.15) is 0 Å². The number of hydrogen-bond donors (Lipinski definition) is 1. The van der Waals surface area contributed by atoms with Crippen molar-refractivity contribution in [3.05, 3.63) is 113 Å². The van der Waals surface area contributed by atoms with Crippen molar-refractivity contribution in [2.75, 3.05) is 31.7 Å². The van der Waals surface area contributed by atoms with Gasteiger partial charge in [0.2, 0.25) is 11.8 Å². The number of benzene rings is 4. The maximum absolute atomic E-state index is 14.9. The Bertz CT molecular complexity index is 1900. The van der Waals surface area contributed by atoms with Gasteiger partial charge in [0.15, 0.2) is 11.5 Å². The van der Waals surface area contributed by atoms with Crippen molar-refractivity contribution in [2.45, 2.75) is 69.0 Å². The van der Waals surface area contributed by atoms with Gasteiger partial charge in [-0.25, -0.2) is 8.42 Å². The summed E-state index contributed by atoms with van der Waals surface area (Å²) >= 11 is 3.54. The summed E-state index contributed by atoms with van der Waals surface area (Å²) in [6.07, 6.45) is 5.17. The van der Waals surface area contributed by atoms with Gasteiger partial charge in [-0.15, -0.1) is 0 Å². The quantitative estimate of drug-likeness (QED) is 0.128. The molecule has 5 rings (SSSR count). The summed E-state index contributed by atoms with van der Waals surface area (Å²) in [4.78, 5) is 30.6. The number of carbonyl (C=O) groups is 2. The topological polar surface area (TPSA) is 114 Å². The number of anilines is 1. The van der Waals surface area contributed by atoms with Gasteiger partial charge in [0.25, 0.3) is 10.0 Å². The Balaban J connectivity index is 1.59. The van der Waals surface area contributed by atoms with E-state index in [4.69, 9.17) is 14.2 Å². The second-order valence-corrected chi connectivity index (χ2v) is 15.4. The number of halogens is 1. The second kappa shape index (κ2) is 18.3. The number of ether oxygens (including phenoxy) is 3. The molecule has 4 aromatic rings. The van der Waals surface area contributed by atoms with Crippen LogP contribution in [0.4, 0.5) is 5.69 Å². The third-order valence-corrected chi connectivity index (χ3v) is 11.4. The summed E-state index contributed by atoms with van der Waals surface area (Å²) in [5, 5.41) is 3.24.